The first-order valence-corrected chi connectivity index (χ1v) is 8.66. The molecule has 1 N–H and O–H groups in total. The minimum Gasteiger partial charge on any atom is -0.315 e. The Bertz CT molecular complexity index is 161. The van der Waals surface area contributed by atoms with Gasteiger partial charge in [0.1, 0.15) is 0 Å². The molecule has 0 aromatic heterocycles. The van der Waals surface area contributed by atoms with Crippen molar-refractivity contribution in [1.82, 2.24) is 10.2 Å². The summed E-state index contributed by atoms with van der Waals surface area (Å²) in [6.45, 7) is 14.2. The van der Waals surface area contributed by atoms with E-state index in [1.54, 1.807) is 0 Å². The van der Waals surface area contributed by atoms with E-state index in [1.807, 2.05) is 0 Å². The molecule has 0 spiro atoms. The summed E-state index contributed by atoms with van der Waals surface area (Å²) in [6, 6.07) is 0.638. The van der Waals surface area contributed by atoms with Crippen LogP contribution in [0.3, 0.4) is 0 Å². The van der Waals surface area contributed by atoms with Crippen molar-refractivity contribution in [2.75, 3.05) is 26.2 Å². The smallest absolute Gasteiger partial charge is 0.00103 e. The van der Waals surface area contributed by atoms with Crippen molar-refractivity contribution in [2.45, 2.75) is 85.1 Å². The molecule has 2 heteroatoms. The van der Waals surface area contributed by atoms with Gasteiger partial charge >= 0.3 is 0 Å². The zero-order valence-corrected chi connectivity index (χ0v) is 14.0. The Kier molecular flexibility index (Phi) is 14.3. The summed E-state index contributed by atoms with van der Waals surface area (Å²) >= 11 is 0. The van der Waals surface area contributed by atoms with Crippen LogP contribution in [0.15, 0.2) is 0 Å². The van der Waals surface area contributed by atoms with Gasteiger partial charge in [-0.1, -0.05) is 53.4 Å². The fourth-order valence-electron chi connectivity index (χ4n) is 2.30. The van der Waals surface area contributed by atoms with Crippen molar-refractivity contribution in [3.63, 3.8) is 0 Å². The highest BCUT2D eigenvalue weighted by Gasteiger charge is 2.03. The lowest BCUT2D eigenvalue weighted by molar-refractivity contribution is 0.259. The predicted octanol–water partition coefficient (Wildman–Crippen LogP) is 4.45. The van der Waals surface area contributed by atoms with Gasteiger partial charge in [0, 0.05) is 6.04 Å². The molecule has 0 atom stereocenters. The van der Waals surface area contributed by atoms with E-state index in [2.05, 4.69) is 37.9 Å². The van der Waals surface area contributed by atoms with Gasteiger partial charge in [-0.05, 0) is 51.9 Å². The van der Waals surface area contributed by atoms with E-state index in [-0.39, 0.29) is 0 Å². The zero-order chi connectivity index (χ0) is 14.3. The molecule has 0 aromatic carbocycles. The molecule has 0 heterocycles. The standard InChI is InChI=1S/C17H38N2/c1-5-7-14-19(15-8-6-2)16-12-10-9-11-13-18-17(3)4/h17-18H,5-16H2,1-4H3. The first-order valence-electron chi connectivity index (χ1n) is 8.66. The van der Waals surface area contributed by atoms with E-state index in [9.17, 15) is 0 Å². The quantitative estimate of drug-likeness (QED) is 0.469. The van der Waals surface area contributed by atoms with Crippen LogP contribution < -0.4 is 5.32 Å². The maximum absolute atomic E-state index is 3.49. The summed E-state index contributed by atoms with van der Waals surface area (Å²) in [4.78, 5) is 2.68. The fourth-order valence-corrected chi connectivity index (χ4v) is 2.30. The second-order valence-corrected chi connectivity index (χ2v) is 6.07. The van der Waals surface area contributed by atoms with Crippen LogP contribution in [0.1, 0.15) is 79.1 Å². The molecule has 0 saturated heterocycles. The Morgan fingerprint density at radius 1 is 0.737 bits per heavy atom. The van der Waals surface area contributed by atoms with Gasteiger partial charge in [-0.25, -0.2) is 0 Å². The van der Waals surface area contributed by atoms with Crippen molar-refractivity contribution in [3.05, 3.63) is 0 Å². The number of nitrogens with one attached hydrogen (secondary N) is 1. The summed E-state index contributed by atoms with van der Waals surface area (Å²) < 4.78 is 0. The summed E-state index contributed by atoms with van der Waals surface area (Å²) in [5.74, 6) is 0. The number of rotatable bonds is 14. The Morgan fingerprint density at radius 2 is 1.26 bits per heavy atom. The van der Waals surface area contributed by atoms with Crippen LogP contribution in [0.4, 0.5) is 0 Å². The average Bonchev–Trinajstić information content (AvgIpc) is 2.39. The number of unbranched alkanes of at least 4 members (excludes halogenated alkanes) is 5. The summed E-state index contributed by atoms with van der Waals surface area (Å²) in [5.41, 5.74) is 0. The molecule has 0 aliphatic heterocycles. The lowest BCUT2D eigenvalue weighted by atomic mass is 10.1. The van der Waals surface area contributed by atoms with Crippen LogP contribution in [-0.2, 0) is 0 Å². The van der Waals surface area contributed by atoms with E-state index < -0.39 is 0 Å². The minimum absolute atomic E-state index is 0.638. The second kappa shape index (κ2) is 14.3. The molecule has 0 radical (unpaired) electrons. The van der Waals surface area contributed by atoms with Crippen molar-refractivity contribution < 1.29 is 0 Å². The number of hydrogen-bond donors (Lipinski definition) is 1. The number of nitrogens with zero attached hydrogens (tertiary/aromatic N) is 1. The van der Waals surface area contributed by atoms with Gasteiger partial charge in [0.2, 0.25) is 0 Å². The lowest BCUT2D eigenvalue weighted by Gasteiger charge is -2.21. The third-order valence-corrected chi connectivity index (χ3v) is 3.61. The van der Waals surface area contributed by atoms with Gasteiger partial charge < -0.3 is 10.2 Å². The fraction of sp³-hybridized carbons (Fsp3) is 1.00. The highest BCUT2D eigenvalue weighted by molar-refractivity contribution is 4.59. The van der Waals surface area contributed by atoms with Gasteiger partial charge in [-0.2, -0.15) is 0 Å². The highest BCUT2D eigenvalue weighted by Crippen LogP contribution is 2.05. The SMILES string of the molecule is CCCCN(CCCC)CCCCCCNC(C)C. The van der Waals surface area contributed by atoms with E-state index in [0.717, 1.165) is 0 Å². The summed E-state index contributed by atoms with van der Waals surface area (Å²) in [7, 11) is 0. The van der Waals surface area contributed by atoms with E-state index in [0.29, 0.717) is 6.04 Å². The van der Waals surface area contributed by atoms with Crippen LogP contribution in [-0.4, -0.2) is 37.1 Å². The van der Waals surface area contributed by atoms with Crippen molar-refractivity contribution in [3.8, 4) is 0 Å². The van der Waals surface area contributed by atoms with Gasteiger partial charge in [0.05, 0.1) is 0 Å². The lowest BCUT2D eigenvalue weighted by Crippen LogP contribution is -2.27. The van der Waals surface area contributed by atoms with Gasteiger partial charge in [0.15, 0.2) is 0 Å². The van der Waals surface area contributed by atoms with E-state index in [4.69, 9.17) is 0 Å². The van der Waals surface area contributed by atoms with Gasteiger partial charge in [0.25, 0.3) is 0 Å². The molecule has 0 amide bonds. The van der Waals surface area contributed by atoms with Crippen LogP contribution in [0, 0.1) is 0 Å². The largest absolute Gasteiger partial charge is 0.315 e. The molecule has 19 heavy (non-hydrogen) atoms. The first-order chi connectivity index (χ1) is 9.20. The molecule has 0 rings (SSSR count). The average molecular weight is 271 g/mol. The number of hydrogen-bond acceptors (Lipinski definition) is 2. The Morgan fingerprint density at radius 3 is 1.79 bits per heavy atom. The predicted molar refractivity (Wildman–Crippen MR) is 87.9 cm³/mol. The highest BCUT2D eigenvalue weighted by atomic mass is 15.1. The third-order valence-electron chi connectivity index (χ3n) is 3.61. The molecule has 0 bridgehead atoms. The van der Waals surface area contributed by atoms with Crippen molar-refractivity contribution in [1.29, 1.82) is 0 Å². The zero-order valence-electron chi connectivity index (χ0n) is 14.0. The molecule has 2 nitrogen and oxygen atoms in total. The van der Waals surface area contributed by atoms with Crippen molar-refractivity contribution >= 4 is 0 Å². The molecular weight excluding hydrogens is 232 g/mol. The maximum atomic E-state index is 3.49. The minimum atomic E-state index is 0.638. The molecule has 0 aromatic rings. The molecule has 0 unspecified atom stereocenters. The van der Waals surface area contributed by atoms with Crippen LogP contribution in [0.25, 0.3) is 0 Å². The van der Waals surface area contributed by atoms with Crippen molar-refractivity contribution in [2.24, 2.45) is 0 Å². The Labute approximate surface area is 122 Å². The third kappa shape index (κ3) is 14.1. The molecule has 0 aliphatic rings. The first kappa shape index (κ1) is 18.9. The van der Waals surface area contributed by atoms with Gasteiger partial charge in [-0.15, -0.1) is 0 Å². The van der Waals surface area contributed by atoms with Crippen LogP contribution in [0.5, 0.6) is 0 Å². The topological polar surface area (TPSA) is 15.3 Å². The van der Waals surface area contributed by atoms with Crippen LogP contribution in [0.2, 0.25) is 0 Å². The molecule has 0 saturated carbocycles. The van der Waals surface area contributed by atoms with Crippen LogP contribution >= 0.6 is 0 Å². The molecular formula is C17H38N2. The second-order valence-electron chi connectivity index (χ2n) is 6.07. The monoisotopic (exact) mass is 270 g/mol. The summed E-state index contributed by atoms with van der Waals surface area (Å²) in [6.07, 6.45) is 10.9. The van der Waals surface area contributed by atoms with Gasteiger partial charge in [-0.3, -0.25) is 0 Å². The van der Waals surface area contributed by atoms with E-state index >= 15 is 0 Å². The Hall–Kier alpha value is -0.0800. The molecule has 116 valence electrons. The molecule has 0 fully saturated rings. The molecule has 0 aliphatic carbocycles. The Balaban J connectivity index is 3.45. The normalized spacial score (nSPS) is 11.7. The summed E-state index contributed by atoms with van der Waals surface area (Å²) in [5, 5.41) is 3.49. The van der Waals surface area contributed by atoms with E-state index in [1.165, 1.54) is 77.5 Å². The maximum Gasteiger partial charge on any atom is 0.00103 e.